The van der Waals surface area contributed by atoms with Crippen LogP contribution in [-0.2, 0) is 19.4 Å². The van der Waals surface area contributed by atoms with Crippen molar-refractivity contribution in [3.8, 4) is 11.1 Å². The summed E-state index contributed by atoms with van der Waals surface area (Å²) in [5.74, 6) is 0. The zero-order valence-corrected chi connectivity index (χ0v) is 15.4. The Balaban J connectivity index is 1.51. The van der Waals surface area contributed by atoms with E-state index >= 15 is 0 Å². The molecule has 0 radical (unpaired) electrons. The van der Waals surface area contributed by atoms with Gasteiger partial charge in [0.05, 0.1) is 0 Å². The first-order valence-corrected chi connectivity index (χ1v) is 9.35. The van der Waals surface area contributed by atoms with E-state index in [4.69, 9.17) is 0 Å². The summed E-state index contributed by atoms with van der Waals surface area (Å²) in [4.78, 5) is 24.4. The Hall–Kier alpha value is -3.40. The van der Waals surface area contributed by atoms with Crippen LogP contribution in [0, 0.1) is 0 Å². The Morgan fingerprint density at radius 3 is 2.21 bits per heavy atom. The molecule has 0 fully saturated rings. The fraction of sp³-hybridized carbons (Fsp3) is 0.167. The van der Waals surface area contributed by atoms with Crippen LogP contribution in [0.3, 0.4) is 0 Å². The second kappa shape index (κ2) is 7.69. The molecule has 0 spiro atoms. The van der Waals surface area contributed by atoms with Crippen LogP contribution < -0.4 is 0 Å². The number of carboxylic acid groups (broad SMARTS) is 1. The van der Waals surface area contributed by atoms with Gasteiger partial charge in [0.2, 0.25) is 0 Å². The van der Waals surface area contributed by atoms with Gasteiger partial charge in [-0.15, -0.1) is 0 Å². The average Bonchev–Trinajstić information content (AvgIpc) is 3.16. The molecule has 1 aliphatic rings. The van der Waals surface area contributed by atoms with Crippen LogP contribution in [0.15, 0.2) is 72.8 Å². The lowest BCUT2D eigenvalue weighted by Gasteiger charge is -2.26. The topological polar surface area (TPSA) is 57.6 Å². The molecular weight excluding hydrogens is 350 g/mol. The number of carbonyl (C=O) groups is 2. The van der Waals surface area contributed by atoms with Crippen molar-refractivity contribution >= 4 is 12.4 Å². The molecule has 0 aliphatic heterocycles. The summed E-state index contributed by atoms with van der Waals surface area (Å²) in [7, 11) is 0. The molecule has 0 aromatic heterocycles. The molecule has 3 aromatic carbocycles. The maximum atomic E-state index is 11.9. The van der Waals surface area contributed by atoms with Crippen molar-refractivity contribution in [1.29, 1.82) is 0 Å². The minimum Gasteiger partial charge on any atom is -0.465 e. The van der Waals surface area contributed by atoms with Crippen molar-refractivity contribution in [1.82, 2.24) is 4.90 Å². The van der Waals surface area contributed by atoms with E-state index in [9.17, 15) is 14.7 Å². The highest BCUT2D eigenvalue weighted by Crippen LogP contribution is 2.27. The Morgan fingerprint density at radius 1 is 0.929 bits per heavy atom. The van der Waals surface area contributed by atoms with Gasteiger partial charge >= 0.3 is 6.09 Å². The molecule has 0 atom stereocenters. The standard InChI is InChI=1S/C24H21NO3/c26-16-18-4-3-7-20(12-18)19-10-8-17(9-11-19)15-25(24(27)28)23-13-21-5-1-2-6-22(21)14-23/h1-12,16,23H,13-15H2,(H,27,28). The highest BCUT2D eigenvalue weighted by Gasteiger charge is 2.29. The first kappa shape index (κ1) is 18.0. The molecule has 0 bridgehead atoms. The van der Waals surface area contributed by atoms with Crippen LogP contribution in [0.5, 0.6) is 0 Å². The summed E-state index contributed by atoms with van der Waals surface area (Å²) in [5.41, 5.74) is 6.04. The third-order valence-corrected chi connectivity index (χ3v) is 5.38. The lowest BCUT2D eigenvalue weighted by atomic mass is 10.0. The van der Waals surface area contributed by atoms with E-state index in [0.717, 1.165) is 35.8 Å². The summed E-state index contributed by atoms with van der Waals surface area (Å²) in [6.45, 7) is 0.364. The highest BCUT2D eigenvalue weighted by atomic mass is 16.4. The zero-order chi connectivity index (χ0) is 19.5. The second-order valence-electron chi connectivity index (χ2n) is 7.18. The van der Waals surface area contributed by atoms with E-state index in [2.05, 4.69) is 12.1 Å². The maximum absolute atomic E-state index is 11.9. The molecule has 4 nitrogen and oxygen atoms in total. The Morgan fingerprint density at radius 2 is 1.61 bits per heavy atom. The number of nitrogens with zero attached hydrogens (tertiary/aromatic N) is 1. The molecule has 1 N–H and O–H groups in total. The summed E-state index contributed by atoms with van der Waals surface area (Å²) in [6, 6.07) is 23.4. The predicted octanol–water partition coefficient (Wildman–Crippen LogP) is 4.81. The monoisotopic (exact) mass is 371 g/mol. The zero-order valence-electron chi connectivity index (χ0n) is 15.4. The average molecular weight is 371 g/mol. The molecule has 1 amide bonds. The number of rotatable bonds is 5. The second-order valence-corrected chi connectivity index (χ2v) is 7.18. The largest absolute Gasteiger partial charge is 0.465 e. The minimum atomic E-state index is -0.888. The van der Waals surface area contributed by atoms with Gasteiger partial charge in [0.1, 0.15) is 6.29 Å². The highest BCUT2D eigenvalue weighted by molar-refractivity contribution is 5.78. The fourth-order valence-electron chi connectivity index (χ4n) is 3.90. The molecule has 4 rings (SSSR count). The molecular formula is C24H21NO3. The van der Waals surface area contributed by atoms with Crippen LogP contribution in [0.4, 0.5) is 4.79 Å². The van der Waals surface area contributed by atoms with Gasteiger partial charge in [-0.2, -0.15) is 0 Å². The quantitative estimate of drug-likeness (QED) is 0.655. The number of fused-ring (bicyclic) bond motifs is 1. The SMILES string of the molecule is O=Cc1cccc(-c2ccc(CN(C(=O)O)C3Cc4ccccc4C3)cc2)c1. The molecule has 1 aliphatic carbocycles. The molecule has 140 valence electrons. The number of amides is 1. The fourth-order valence-corrected chi connectivity index (χ4v) is 3.90. The summed E-state index contributed by atoms with van der Waals surface area (Å²) < 4.78 is 0. The van der Waals surface area contributed by atoms with Gasteiger partial charge < -0.3 is 10.0 Å². The smallest absolute Gasteiger partial charge is 0.407 e. The Bertz CT molecular complexity index is 985. The van der Waals surface area contributed by atoms with Crippen LogP contribution >= 0.6 is 0 Å². The molecule has 4 heteroatoms. The normalized spacial score (nSPS) is 13.1. The van der Waals surface area contributed by atoms with E-state index in [-0.39, 0.29) is 6.04 Å². The summed E-state index contributed by atoms with van der Waals surface area (Å²) in [6.07, 6.45) is 1.47. The van der Waals surface area contributed by atoms with Crippen molar-refractivity contribution in [2.24, 2.45) is 0 Å². The van der Waals surface area contributed by atoms with Crippen molar-refractivity contribution < 1.29 is 14.7 Å². The minimum absolute atomic E-state index is 0.0288. The van der Waals surface area contributed by atoms with Crippen molar-refractivity contribution in [2.75, 3.05) is 0 Å². The molecule has 0 unspecified atom stereocenters. The Kier molecular flexibility index (Phi) is 4.94. The van der Waals surface area contributed by atoms with Crippen LogP contribution in [0.2, 0.25) is 0 Å². The van der Waals surface area contributed by atoms with Gasteiger partial charge in [-0.25, -0.2) is 4.79 Å². The number of carbonyl (C=O) groups excluding carboxylic acids is 1. The van der Waals surface area contributed by atoms with Crippen LogP contribution in [-0.4, -0.2) is 28.4 Å². The van der Waals surface area contributed by atoms with Crippen LogP contribution in [0.1, 0.15) is 27.0 Å². The lowest BCUT2D eigenvalue weighted by Crippen LogP contribution is -2.39. The van der Waals surface area contributed by atoms with E-state index in [1.165, 1.54) is 11.1 Å². The van der Waals surface area contributed by atoms with Gasteiger partial charge in [0, 0.05) is 18.2 Å². The number of hydrogen-bond acceptors (Lipinski definition) is 2. The number of aldehydes is 1. The van der Waals surface area contributed by atoms with E-state index in [1.54, 1.807) is 11.0 Å². The third-order valence-electron chi connectivity index (χ3n) is 5.38. The van der Waals surface area contributed by atoms with E-state index in [0.29, 0.717) is 12.1 Å². The first-order chi connectivity index (χ1) is 13.6. The Labute approximate surface area is 164 Å². The van der Waals surface area contributed by atoms with Crippen molar-refractivity contribution in [2.45, 2.75) is 25.4 Å². The van der Waals surface area contributed by atoms with Crippen molar-refractivity contribution in [3.63, 3.8) is 0 Å². The molecule has 0 heterocycles. The van der Waals surface area contributed by atoms with Gasteiger partial charge in [-0.05, 0) is 46.7 Å². The van der Waals surface area contributed by atoms with E-state index < -0.39 is 6.09 Å². The van der Waals surface area contributed by atoms with Crippen molar-refractivity contribution in [3.05, 3.63) is 95.1 Å². The van der Waals surface area contributed by atoms with E-state index in [1.807, 2.05) is 54.6 Å². The lowest BCUT2D eigenvalue weighted by molar-refractivity contribution is 0.112. The maximum Gasteiger partial charge on any atom is 0.407 e. The summed E-state index contributed by atoms with van der Waals surface area (Å²) >= 11 is 0. The summed E-state index contributed by atoms with van der Waals surface area (Å²) in [5, 5.41) is 9.76. The number of hydrogen-bond donors (Lipinski definition) is 1. The molecule has 3 aromatic rings. The van der Waals surface area contributed by atoms with Crippen LogP contribution in [0.25, 0.3) is 11.1 Å². The first-order valence-electron chi connectivity index (χ1n) is 9.35. The van der Waals surface area contributed by atoms with Gasteiger partial charge in [0.25, 0.3) is 0 Å². The molecule has 0 saturated heterocycles. The molecule has 28 heavy (non-hydrogen) atoms. The number of benzene rings is 3. The molecule has 0 saturated carbocycles. The third kappa shape index (κ3) is 3.67. The van der Waals surface area contributed by atoms with Gasteiger partial charge in [-0.3, -0.25) is 4.79 Å². The van der Waals surface area contributed by atoms with Gasteiger partial charge in [-0.1, -0.05) is 66.7 Å². The predicted molar refractivity (Wildman–Crippen MR) is 108 cm³/mol. The van der Waals surface area contributed by atoms with Gasteiger partial charge in [0.15, 0.2) is 0 Å².